The number of ether oxygens (including phenoxy) is 1. The maximum Gasteiger partial charge on any atom is 0.0645 e. The molecule has 2 nitrogen and oxygen atoms in total. The lowest BCUT2D eigenvalue weighted by Crippen LogP contribution is -2.34. The molecule has 13 heavy (non-hydrogen) atoms. The van der Waals surface area contributed by atoms with Crippen molar-refractivity contribution in [2.75, 3.05) is 19.8 Å². The van der Waals surface area contributed by atoms with E-state index in [1.807, 2.05) is 0 Å². The summed E-state index contributed by atoms with van der Waals surface area (Å²) in [6, 6.07) is 0.790. The van der Waals surface area contributed by atoms with Crippen molar-refractivity contribution in [3.05, 3.63) is 12.7 Å². The summed E-state index contributed by atoms with van der Waals surface area (Å²) < 4.78 is 5.44. The summed E-state index contributed by atoms with van der Waals surface area (Å²) in [7, 11) is 0. The highest BCUT2D eigenvalue weighted by atomic mass is 16.5. The van der Waals surface area contributed by atoms with Crippen LogP contribution >= 0.6 is 0 Å². The molecule has 0 aromatic rings. The van der Waals surface area contributed by atoms with Crippen LogP contribution in [0.3, 0.4) is 0 Å². The Bertz CT molecular complexity index is 161. The van der Waals surface area contributed by atoms with Crippen LogP contribution < -0.4 is 5.32 Å². The second-order valence-electron chi connectivity index (χ2n) is 4.62. The minimum atomic E-state index is 0.242. The minimum absolute atomic E-state index is 0.242. The van der Waals surface area contributed by atoms with Crippen LogP contribution in [0.5, 0.6) is 0 Å². The third kappa shape index (κ3) is 5.06. The highest BCUT2D eigenvalue weighted by Crippen LogP contribution is 2.21. The molecule has 1 aliphatic rings. The van der Waals surface area contributed by atoms with E-state index in [0.717, 1.165) is 19.2 Å². The number of hydrogen-bond acceptors (Lipinski definition) is 2. The Balaban J connectivity index is 2.06. The normalized spacial score (nSPS) is 17.4. The summed E-state index contributed by atoms with van der Waals surface area (Å²) in [4.78, 5) is 0. The molecule has 0 unspecified atom stereocenters. The summed E-state index contributed by atoms with van der Waals surface area (Å²) in [6.07, 6.45) is 4.50. The molecule has 0 aliphatic heterocycles. The molecular formula is C11H21NO. The molecule has 0 amide bonds. The van der Waals surface area contributed by atoms with Crippen molar-refractivity contribution in [1.82, 2.24) is 5.32 Å². The molecule has 1 fully saturated rings. The third-order valence-corrected chi connectivity index (χ3v) is 2.18. The number of rotatable bonds is 7. The number of hydrogen-bond donors (Lipinski definition) is 1. The van der Waals surface area contributed by atoms with E-state index in [1.54, 1.807) is 6.08 Å². The predicted octanol–water partition coefficient (Wildman–Crippen LogP) is 1.97. The van der Waals surface area contributed by atoms with Crippen LogP contribution in [0.2, 0.25) is 0 Å². The fourth-order valence-electron chi connectivity index (χ4n) is 1.18. The number of nitrogens with one attached hydrogen (secondary N) is 1. The lowest BCUT2D eigenvalue weighted by Gasteiger charge is -2.24. The first kappa shape index (κ1) is 10.7. The average Bonchev–Trinajstić information content (AvgIpc) is 2.84. The van der Waals surface area contributed by atoms with Crippen molar-refractivity contribution in [3.8, 4) is 0 Å². The fourth-order valence-corrected chi connectivity index (χ4v) is 1.18. The van der Waals surface area contributed by atoms with Crippen molar-refractivity contribution in [2.24, 2.45) is 5.41 Å². The van der Waals surface area contributed by atoms with Crippen LogP contribution in [-0.2, 0) is 4.74 Å². The van der Waals surface area contributed by atoms with Gasteiger partial charge in [-0.05, 0) is 12.8 Å². The quantitative estimate of drug-likeness (QED) is 0.481. The summed E-state index contributed by atoms with van der Waals surface area (Å²) in [5, 5.41) is 3.52. The Morgan fingerprint density at radius 3 is 2.77 bits per heavy atom. The third-order valence-electron chi connectivity index (χ3n) is 2.18. The molecule has 2 heteroatoms. The van der Waals surface area contributed by atoms with Crippen LogP contribution in [0.25, 0.3) is 0 Å². The van der Waals surface area contributed by atoms with Crippen LogP contribution in [0.1, 0.15) is 26.7 Å². The molecule has 1 aliphatic carbocycles. The minimum Gasteiger partial charge on any atom is -0.377 e. The van der Waals surface area contributed by atoms with Crippen LogP contribution in [0.4, 0.5) is 0 Å². The lowest BCUT2D eigenvalue weighted by atomic mass is 9.95. The summed E-state index contributed by atoms with van der Waals surface area (Å²) >= 11 is 0. The molecule has 0 radical (unpaired) electrons. The summed E-state index contributed by atoms with van der Waals surface area (Å²) in [6.45, 7) is 10.6. The highest BCUT2D eigenvalue weighted by molar-refractivity contribution is 4.84. The molecule has 1 saturated carbocycles. The molecule has 0 aromatic carbocycles. The van der Waals surface area contributed by atoms with Crippen LogP contribution in [0, 0.1) is 5.41 Å². The van der Waals surface area contributed by atoms with Gasteiger partial charge >= 0.3 is 0 Å². The Kier molecular flexibility index (Phi) is 3.94. The summed E-state index contributed by atoms with van der Waals surface area (Å²) in [5.41, 5.74) is 0.242. The lowest BCUT2D eigenvalue weighted by molar-refractivity contribution is 0.0801. The van der Waals surface area contributed by atoms with Crippen molar-refractivity contribution >= 4 is 0 Å². The molecule has 1 N–H and O–H groups in total. The maximum atomic E-state index is 5.44. The van der Waals surface area contributed by atoms with Gasteiger partial charge in [-0.25, -0.2) is 0 Å². The van der Waals surface area contributed by atoms with Gasteiger partial charge in [0.05, 0.1) is 13.2 Å². The largest absolute Gasteiger partial charge is 0.377 e. The Morgan fingerprint density at radius 1 is 1.54 bits per heavy atom. The molecule has 0 aromatic heterocycles. The van der Waals surface area contributed by atoms with Gasteiger partial charge in [0.1, 0.15) is 0 Å². The van der Waals surface area contributed by atoms with Gasteiger partial charge < -0.3 is 10.1 Å². The van der Waals surface area contributed by atoms with Crippen LogP contribution in [-0.4, -0.2) is 25.8 Å². The van der Waals surface area contributed by atoms with E-state index >= 15 is 0 Å². The Morgan fingerprint density at radius 2 is 2.23 bits per heavy atom. The van der Waals surface area contributed by atoms with Gasteiger partial charge in [-0.2, -0.15) is 0 Å². The smallest absolute Gasteiger partial charge is 0.0645 e. The Labute approximate surface area is 81.4 Å². The first-order valence-electron chi connectivity index (χ1n) is 5.06. The van der Waals surface area contributed by atoms with Crippen molar-refractivity contribution < 1.29 is 4.74 Å². The average molecular weight is 183 g/mol. The van der Waals surface area contributed by atoms with Gasteiger partial charge in [-0.15, -0.1) is 6.58 Å². The molecular weight excluding hydrogens is 162 g/mol. The van der Waals surface area contributed by atoms with Crippen molar-refractivity contribution in [3.63, 3.8) is 0 Å². The van der Waals surface area contributed by atoms with Gasteiger partial charge in [-0.3, -0.25) is 0 Å². The Hall–Kier alpha value is -0.340. The molecule has 1 rings (SSSR count). The van der Waals surface area contributed by atoms with E-state index in [9.17, 15) is 0 Å². The molecule has 0 atom stereocenters. The second-order valence-corrected chi connectivity index (χ2v) is 4.62. The zero-order valence-corrected chi connectivity index (χ0v) is 8.81. The molecule has 76 valence electrons. The van der Waals surface area contributed by atoms with Gasteiger partial charge in [0.25, 0.3) is 0 Å². The second kappa shape index (κ2) is 4.77. The van der Waals surface area contributed by atoms with Gasteiger partial charge in [-0.1, -0.05) is 19.9 Å². The first-order valence-corrected chi connectivity index (χ1v) is 5.06. The monoisotopic (exact) mass is 183 g/mol. The van der Waals surface area contributed by atoms with E-state index in [0.29, 0.717) is 6.61 Å². The highest BCUT2D eigenvalue weighted by Gasteiger charge is 2.25. The maximum absolute atomic E-state index is 5.44. The van der Waals surface area contributed by atoms with Crippen molar-refractivity contribution in [2.45, 2.75) is 32.7 Å². The summed E-state index contributed by atoms with van der Waals surface area (Å²) in [5.74, 6) is 0. The molecule has 0 spiro atoms. The zero-order valence-electron chi connectivity index (χ0n) is 8.81. The van der Waals surface area contributed by atoms with Gasteiger partial charge in [0.15, 0.2) is 0 Å². The van der Waals surface area contributed by atoms with Gasteiger partial charge in [0.2, 0.25) is 0 Å². The SMILES string of the molecule is C=CCOCC(C)(C)CNC1CC1. The van der Waals surface area contributed by atoms with E-state index < -0.39 is 0 Å². The molecule has 0 heterocycles. The van der Waals surface area contributed by atoms with Crippen molar-refractivity contribution in [1.29, 1.82) is 0 Å². The first-order chi connectivity index (χ1) is 6.14. The molecule has 0 bridgehead atoms. The molecule has 0 saturated heterocycles. The predicted molar refractivity (Wildman–Crippen MR) is 55.8 cm³/mol. The zero-order chi connectivity index (χ0) is 9.73. The van der Waals surface area contributed by atoms with E-state index in [4.69, 9.17) is 4.74 Å². The van der Waals surface area contributed by atoms with Gasteiger partial charge in [0, 0.05) is 18.0 Å². The van der Waals surface area contributed by atoms with E-state index in [2.05, 4.69) is 25.7 Å². The topological polar surface area (TPSA) is 21.3 Å². The van der Waals surface area contributed by atoms with Crippen LogP contribution in [0.15, 0.2) is 12.7 Å². The van der Waals surface area contributed by atoms with E-state index in [-0.39, 0.29) is 5.41 Å². The van der Waals surface area contributed by atoms with E-state index in [1.165, 1.54) is 12.8 Å². The fraction of sp³-hybridized carbons (Fsp3) is 0.818. The standard InChI is InChI=1S/C11H21NO/c1-4-7-13-9-11(2,3)8-12-10-5-6-10/h4,10,12H,1,5-9H2,2-3H3.